The Morgan fingerprint density at radius 3 is 1.83 bits per heavy atom. The lowest BCUT2D eigenvalue weighted by Gasteiger charge is -2.17. The zero-order chi connectivity index (χ0) is 25.4. The van der Waals surface area contributed by atoms with Crippen molar-refractivity contribution in [1.82, 2.24) is 4.31 Å². The second-order valence-corrected chi connectivity index (χ2v) is 9.59. The molecule has 0 spiro atoms. The van der Waals surface area contributed by atoms with E-state index in [0.29, 0.717) is 29.5 Å². The van der Waals surface area contributed by atoms with Gasteiger partial charge in [0.1, 0.15) is 17.2 Å². The Bertz CT molecular complexity index is 1260. The maximum atomic E-state index is 12.8. The van der Waals surface area contributed by atoms with Crippen LogP contribution in [0, 0.1) is 0 Å². The summed E-state index contributed by atoms with van der Waals surface area (Å²) in [7, 11) is -2.57. The Hall–Kier alpha value is -3.89. The standard InChI is InChI=1S/C25H27N3O6S/c1-4-33-21-11-13-23(14-12-21)34-22-9-5-20(6-10-22)27-25(30)17-28(3)35(31,32)24-15-7-19(8-16-24)26-18(2)29/h5-16H,4,17H2,1-3H3,(H,26,29)(H,27,30). The maximum absolute atomic E-state index is 12.8. The fraction of sp³-hybridized carbons (Fsp3) is 0.200. The summed E-state index contributed by atoms with van der Waals surface area (Å²) in [6.07, 6.45) is 0. The summed E-state index contributed by atoms with van der Waals surface area (Å²) < 4.78 is 37.7. The molecular formula is C25H27N3O6S. The molecule has 0 heterocycles. The number of carbonyl (C=O) groups excluding carboxylic acids is 2. The Balaban J connectivity index is 1.55. The quantitative estimate of drug-likeness (QED) is 0.436. The summed E-state index contributed by atoms with van der Waals surface area (Å²) in [6, 6.07) is 19.7. The van der Waals surface area contributed by atoms with Crippen molar-refractivity contribution < 1.29 is 27.5 Å². The highest BCUT2D eigenvalue weighted by Gasteiger charge is 2.23. The molecule has 35 heavy (non-hydrogen) atoms. The van der Waals surface area contributed by atoms with E-state index in [-0.39, 0.29) is 17.3 Å². The number of sulfonamides is 1. The number of hydrogen-bond donors (Lipinski definition) is 2. The summed E-state index contributed by atoms with van der Waals surface area (Å²) in [5.41, 5.74) is 0.978. The van der Waals surface area contributed by atoms with Crippen LogP contribution in [0.2, 0.25) is 0 Å². The van der Waals surface area contributed by atoms with Gasteiger partial charge in [0.25, 0.3) is 0 Å². The summed E-state index contributed by atoms with van der Waals surface area (Å²) in [5.74, 6) is 1.22. The summed E-state index contributed by atoms with van der Waals surface area (Å²) in [4.78, 5) is 23.6. The van der Waals surface area contributed by atoms with Crippen LogP contribution in [0.1, 0.15) is 13.8 Å². The van der Waals surface area contributed by atoms with Gasteiger partial charge in [-0.05, 0) is 79.7 Å². The number of amides is 2. The summed E-state index contributed by atoms with van der Waals surface area (Å²) >= 11 is 0. The van der Waals surface area contributed by atoms with Crippen LogP contribution in [0.3, 0.4) is 0 Å². The van der Waals surface area contributed by atoms with Gasteiger partial charge in [-0.2, -0.15) is 4.31 Å². The van der Waals surface area contributed by atoms with Gasteiger partial charge in [0, 0.05) is 25.3 Å². The third kappa shape index (κ3) is 7.29. The van der Waals surface area contributed by atoms with E-state index in [1.807, 2.05) is 19.1 Å². The van der Waals surface area contributed by atoms with Crippen LogP contribution in [0.4, 0.5) is 11.4 Å². The van der Waals surface area contributed by atoms with Crippen molar-refractivity contribution in [2.24, 2.45) is 0 Å². The first-order chi connectivity index (χ1) is 16.7. The highest BCUT2D eigenvalue weighted by Crippen LogP contribution is 2.25. The second-order valence-electron chi connectivity index (χ2n) is 7.55. The Morgan fingerprint density at radius 2 is 1.29 bits per heavy atom. The van der Waals surface area contributed by atoms with E-state index in [4.69, 9.17) is 9.47 Å². The minimum Gasteiger partial charge on any atom is -0.494 e. The lowest BCUT2D eigenvalue weighted by molar-refractivity contribution is -0.116. The molecule has 2 N–H and O–H groups in total. The van der Waals surface area contributed by atoms with Gasteiger partial charge in [0.15, 0.2) is 0 Å². The molecule has 0 bridgehead atoms. The average Bonchev–Trinajstić information content (AvgIpc) is 2.81. The lowest BCUT2D eigenvalue weighted by atomic mass is 10.3. The Morgan fingerprint density at radius 1 is 0.800 bits per heavy atom. The molecule has 3 rings (SSSR count). The molecular weight excluding hydrogens is 470 g/mol. The molecule has 0 unspecified atom stereocenters. The number of carbonyl (C=O) groups is 2. The van der Waals surface area contributed by atoms with Crippen molar-refractivity contribution in [2.45, 2.75) is 18.7 Å². The van der Waals surface area contributed by atoms with Gasteiger partial charge < -0.3 is 20.1 Å². The second kappa shape index (κ2) is 11.5. The van der Waals surface area contributed by atoms with Crippen LogP contribution >= 0.6 is 0 Å². The first-order valence-electron chi connectivity index (χ1n) is 10.8. The van der Waals surface area contributed by atoms with Gasteiger partial charge in [-0.3, -0.25) is 9.59 Å². The molecule has 0 aliphatic heterocycles. The largest absolute Gasteiger partial charge is 0.494 e. The van der Waals surface area contributed by atoms with E-state index in [1.165, 1.54) is 38.2 Å². The van der Waals surface area contributed by atoms with Crippen LogP contribution in [-0.4, -0.2) is 44.7 Å². The Kier molecular flexibility index (Phi) is 8.45. The van der Waals surface area contributed by atoms with Gasteiger partial charge in [0.05, 0.1) is 18.0 Å². The van der Waals surface area contributed by atoms with E-state index in [0.717, 1.165) is 10.1 Å². The molecule has 0 radical (unpaired) electrons. The minimum absolute atomic E-state index is 0.0118. The molecule has 10 heteroatoms. The minimum atomic E-state index is -3.89. The zero-order valence-electron chi connectivity index (χ0n) is 19.6. The molecule has 0 aliphatic rings. The fourth-order valence-corrected chi connectivity index (χ4v) is 4.22. The van der Waals surface area contributed by atoms with Crippen molar-refractivity contribution in [3.05, 3.63) is 72.8 Å². The van der Waals surface area contributed by atoms with Gasteiger partial charge in [-0.1, -0.05) is 0 Å². The predicted octanol–water partition coefficient (Wildman–Crippen LogP) is 4.10. The monoisotopic (exact) mass is 497 g/mol. The van der Waals surface area contributed by atoms with Gasteiger partial charge in [-0.25, -0.2) is 8.42 Å². The smallest absolute Gasteiger partial charge is 0.243 e. The lowest BCUT2D eigenvalue weighted by Crippen LogP contribution is -2.34. The molecule has 2 amide bonds. The summed E-state index contributed by atoms with van der Waals surface area (Å²) in [5, 5.41) is 5.25. The molecule has 0 aromatic heterocycles. The molecule has 0 aliphatic carbocycles. The van der Waals surface area contributed by atoms with Gasteiger partial charge in [0.2, 0.25) is 21.8 Å². The Labute approximate surface area is 204 Å². The van der Waals surface area contributed by atoms with E-state index in [9.17, 15) is 18.0 Å². The normalized spacial score (nSPS) is 11.1. The summed E-state index contributed by atoms with van der Waals surface area (Å²) in [6.45, 7) is 3.48. The van der Waals surface area contributed by atoms with E-state index in [2.05, 4.69) is 10.6 Å². The van der Waals surface area contributed by atoms with Gasteiger partial charge >= 0.3 is 0 Å². The van der Waals surface area contributed by atoms with E-state index >= 15 is 0 Å². The topological polar surface area (TPSA) is 114 Å². The molecule has 0 saturated heterocycles. The number of nitrogens with zero attached hydrogens (tertiary/aromatic N) is 1. The SMILES string of the molecule is CCOc1ccc(Oc2ccc(NC(=O)CN(C)S(=O)(=O)c3ccc(NC(C)=O)cc3)cc2)cc1. The molecule has 0 atom stereocenters. The number of benzene rings is 3. The van der Waals surface area contributed by atoms with E-state index in [1.54, 1.807) is 36.4 Å². The number of ether oxygens (including phenoxy) is 2. The molecule has 3 aromatic carbocycles. The third-order valence-electron chi connectivity index (χ3n) is 4.76. The van der Waals surface area contributed by atoms with Crippen LogP contribution in [0.25, 0.3) is 0 Å². The maximum Gasteiger partial charge on any atom is 0.243 e. The molecule has 0 fully saturated rings. The van der Waals surface area contributed by atoms with Crippen LogP contribution in [0.5, 0.6) is 17.2 Å². The van der Waals surface area contributed by atoms with Crippen LogP contribution < -0.4 is 20.1 Å². The molecule has 184 valence electrons. The van der Waals surface area contributed by atoms with Crippen molar-refractivity contribution in [2.75, 3.05) is 30.8 Å². The fourth-order valence-electron chi connectivity index (χ4n) is 3.09. The molecule has 9 nitrogen and oxygen atoms in total. The van der Waals surface area contributed by atoms with E-state index < -0.39 is 15.9 Å². The first-order valence-corrected chi connectivity index (χ1v) is 12.3. The number of likely N-dealkylation sites (N-methyl/N-ethyl adjacent to an activating group) is 1. The van der Waals surface area contributed by atoms with Crippen molar-refractivity contribution in [3.8, 4) is 17.2 Å². The number of rotatable bonds is 10. The van der Waals surface area contributed by atoms with Crippen LogP contribution in [0.15, 0.2) is 77.7 Å². The highest BCUT2D eigenvalue weighted by molar-refractivity contribution is 7.89. The molecule has 3 aromatic rings. The highest BCUT2D eigenvalue weighted by atomic mass is 32.2. The van der Waals surface area contributed by atoms with Crippen molar-refractivity contribution >= 4 is 33.2 Å². The predicted molar refractivity (Wildman–Crippen MR) is 133 cm³/mol. The van der Waals surface area contributed by atoms with Crippen LogP contribution in [-0.2, 0) is 19.6 Å². The first kappa shape index (κ1) is 25.7. The number of anilines is 2. The third-order valence-corrected chi connectivity index (χ3v) is 6.58. The number of nitrogens with one attached hydrogen (secondary N) is 2. The molecule has 0 saturated carbocycles. The average molecular weight is 498 g/mol. The van der Waals surface area contributed by atoms with Crippen molar-refractivity contribution in [3.63, 3.8) is 0 Å². The van der Waals surface area contributed by atoms with Crippen molar-refractivity contribution in [1.29, 1.82) is 0 Å². The zero-order valence-corrected chi connectivity index (χ0v) is 20.5. The van der Waals surface area contributed by atoms with Gasteiger partial charge in [-0.15, -0.1) is 0 Å². The number of hydrogen-bond acceptors (Lipinski definition) is 6.